The Kier molecular flexibility index (Phi) is 5.01. The maximum atomic E-state index is 12.0. The van der Waals surface area contributed by atoms with Gasteiger partial charge in [0.15, 0.2) is 11.6 Å². The number of carbonyl (C=O) groups is 1. The summed E-state index contributed by atoms with van der Waals surface area (Å²) in [6.45, 7) is 2.40. The summed E-state index contributed by atoms with van der Waals surface area (Å²) in [6, 6.07) is 3.67. The number of carbonyl (C=O) groups excluding carboxylic acids is 1. The SMILES string of the molecule is COc1cccnc1NCCC(=O)N1CCCCC1. The largest absolute Gasteiger partial charge is 0.493 e. The number of rotatable bonds is 5. The standard InChI is InChI=1S/C14H21N3O2/c1-19-12-6-5-8-15-14(12)16-9-7-13(18)17-10-3-2-4-11-17/h5-6,8H,2-4,7,9-11H2,1H3,(H,15,16). The molecule has 2 rings (SSSR count). The summed E-state index contributed by atoms with van der Waals surface area (Å²) in [5, 5.41) is 3.15. The topological polar surface area (TPSA) is 54.5 Å². The van der Waals surface area contributed by atoms with E-state index in [2.05, 4.69) is 10.3 Å². The first-order valence-corrected chi connectivity index (χ1v) is 6.82. The highest BCUT2D eigenvalue weighted by atomic mass is 16.5. The number of anilines is 1. The molecule has 1 amide bonds. The molecule has 0 aliphatic carbocycles. The van der Waals surface area contributed by atoms with Gasteiger partial charge >= 0.3 is 0 Å². The molecular weight excluding hydrogens is 242 g/mol. The van der Waals surface area contributed by atoms with Crippen LogP contribution < -0.4 is 10.1 Å². The molecule has 19 heavy (non-hydrogen) atoms. The lowest BCUT2D eigenvalue weighted by Crippen LogP contribution is -2.36. The van der Waals surface area contributed by atoms with Crippen molar-refractivity contribution in [3.8, 4) is 5.75 Å². The van der Waals surface area contributed by atoms with E-state index in [1.165, 1.54) is 6.42 Å². The van der Waals surface area contributed by atoms with Crippen molar-refractivity contribution in [1.29, 1.82) is 0 Å². The van der Waals surface area contributed by atoms with Crippen LogP contribution >= 0.6 is 0 Å². The summed E-state index contributed by atoms with van der Waals surface area (Å²) in [6.07, 6.45) is 5.71. The highest BCUT2D eigenvalue weighted by Crippen LogP contribution is 2.19. The summed E-state index contributed by atoms with van der Waals surface area (Å²) in [4.78, 5) is 18.1. The first-order valence-electron chi connectivity index (χ1n) is 6.82. The van der Waals surface area contributed by atoms with Crippen LogP contribution in [-0.4, -0.2) is 42.5 Å². The highest BCUT2D eigenvalue weighted by Gasteiger charge is 2.15. The van der Waals surface area contributed by atoms with Crippen LogP contribution in [0.25, 0.3) is 0 Å². The third-order valence-electron chi connectivity index (χ3n) is 3.33. The fourth-order valence-corrected chi connectivity index (χ4v) is 2.28. The zero-order valence-electron chi connectivity index (χ0n) is 11.4. The Hall–Kier alpha value is -1.78. The number of hydrogen-bond acceptors (Lipinski definition) is 4. The van der Waals surface area contributed by atoms with Gasteiger partial charge in [-0.25, -0.2) is 4.98 Å². The van der Waals surface area contributed by atoms with E-state index in [0.717, 1.165) is 25.9 Å². The molecule has 2 heterocycles. The van der Waals surface area contributed by atoms with Crippen molar-refractivity contribution in [3.63, 3.8) is 0 Å². The van der Waals surface area contributed by atoms with Gasteiger partial charge in [-0.15, -0.1) is 0 Å². The van der Waals surface area contributed by atoms with E-state index >= 15 is 0 Å². The molecule has 0 spiro atoms. The molecule has 1 aromatic heterocycles. The summed E-state index contributed by atoms with van der Waals surface area (Å²) in [5.74, 6) is 1.62. The Morgan fingerprint density at radius 3 is 2.95 bits per heavy atom. The average Bonchev–Trinajstić information content (AvgIpc) is 2.48. The molecule has 0 atom stereocenters. The zero-order chi connectivity index (χ0) is 13.5. The third-order valence-corrected chi connectivity index (χ3v) is 3.33. The molecule has 0 unspecified atom stereocenters. The number of ether oxygens (including phenoxy) is 1. The predicted molar refractivity (Wildman–Crippen MR) is 74.3 cm³/mol. The number of hydrogen-bond donors (Lipinski definition) is 1. The number of likely N-dealkylation sites (tertiary alicyclic amines) is 1. The van der Waals surface area contributed by atoms with Crippen LogP contribution in [0.5, 0.6) is 5.75 Å². The fourth-order valence-electron chi connectivity index (χ4n) is 2.28. The van der Waals surface area contributed by atoms with Crippen LogP contribution in [0.1, 0.15) is 25.7 Å². The number of piperidine rings is 1. The second-order valence-electron chi connectivity index (χ2n) is 4.67. The summed E-state index contributed by atoms with van der Waals surface area (Å²) >= 11 is 0. The number of nitrogens with one attached hydrogen (secondary N) is 1. The van der Waals surface area contributed by atoms with Crippen LogP contribution in [0.3, 0.4) is 0 Å². The minimum atomic E-state index is 0.224. The van der Waals surface area contributed by atoms with Gasteiger partial charge in [0, 0.05) is 32.3 Å². The molecule has 1 saturated heterocycles. The molecular formula is C14H21N3O2. The van der Waals surface area contributed by atoms with Crippen LogP contribution in [-0.2, 0) is 4.79 Å². The fraction of sp³-hybridized carbons (Fsp3) is 0.571. The van der Waals surface area contributed by atoms with Gasteiger partial charge in [0.25, 0.3) is 0 Å². The Labute approximate surface area is 114 Å². The first kappa shape index (κ1) is 13.6. The van der Waals surface area contributed by atoms with Gasteiger partial charge < -0.3 is 15.0 Å². The molecule has 5 nitrogen and oxygen atoms in total. The van der Waals surface area contributed by atoms with Crippen LogP contribution in [0, 0.1) is 0 Å². The van der Waals surface area contributed by atoms with E-state index in [-0.39, 0.29) is 5.91 Å². The molecule has 1 N–H and O–H groups in total. The van der Waals surface area contributed by atoms with E-state index in [4.69, 9.17) is 4.74 Å². The lowest BCUT2D eigenvalue weighted by molar-refractivity contribution is -0.131. The normalized spacial score (nSPS) is 15.1. The predicted octanol–water partition coefficient (Wildman–Crippen LogP) is 1.90. The maximum Gasteiger partial charge on any atom is 0.224 e. The van der Waals surface area contributed by atoms with Crippen LogP contribution in [0.4, 0.5) is 5.82 Å². The molecule has 1 fully saturated rings. The smallest absolute Gasteiger partial charge is 0.224 e. The van der Waals surface area contributed by atoms with Gasteiger partial charge in [-0.05, 0) is 31.4 Å². The maximum absolute atomic E-state index is 12.0. The lowest BCUT2D eigenvalue weighted by atomic mass is 10.1. The second kappa shape index (κ2) is 6.97. The quantitative estimate of drug-likeness (QED) is 0.881. The molecule has 0 aromatic carbocycles. The molecule has 1 aliphatic rings. The van der Waals surface area contributed by atoms with E-state index in [9.17, 15) is 4.79 Å². The first-order chi connectivity index (χ1) is 9.31. The Morgan fingerprint density at radius 1 is 1.42 bits per heavy atom. The third kappa shape index (κ3) is 3.84. The molecule has 5 heteroatoms. The molecule has 0 radical (unpaired) electrons. The Balaban J connectivity index is 1.78. The van der Waals surface area contributed by atoms with Gasteiger partial charge in [-0.2, -0.15) is 0 Å². The number of methoxy groups -OCH3 is 1. The average molecular weight is 263 g/mol. The second-order valence-corrected chi connectivity index (χ2v) is 4.67. The molecule has 1 aliphatic heterocycles. The molecule has 1 aromatic rings. The van der Waals surface area contributed by atoms with Gasteiger partial charge in [-0.3, -0.25) is 4.79 Å². The summed E-state index contributed by atoms with van der Waals surface area (Å²) in [7, 11) is 1.61. The Bertz CT molecular complexity index is 417. The van der Waals surface area contributed by atoms with Gasteiger partial charge in [-0.1, -0.05) is 0 Å². The summed E-state index contributed by atoms with van der Waals surface area (Å²) in [5.41, 5.74) is 0. The minimum Gasteiger partial charge on any atom is -0.493 e. The van der Waals surface area contributed by atoms with Crippen molar-refractivity contribution in [3.05, 3.63) is 18.3 Å². The molecule has 0 bridgehead atoms. The van der Waals surface area contributed by atoms with Crippen molar-refractivity contribution in [2.75, 3.05) is 32.1 Å². The van der Waals surface area contributed by atoms with E-state index in [1.54, 1.807) is 13.3 Å². The lowest BCUT2D eigenvalue weighted by Gasteiger charge is -2.26. The molecule has 104 valence electrons. The van der Waals surface area contributed by atoms with E-state index in [1.807, 2.05) is 17.0 Å². The molecule has 0 saturated carbocycles. The van der Waals surface area contributed by atoms with Gasteiger partial charge in [0.05, 0.1) is 7.11 Å². The van der Waals surface area contributed by atoms with Gasteiger partial charge in [0.2, 0.25) is 5.91 Å². The van der Waals surface area contributed by atoms with Crippen molar-refractivity contribution < 1.29 is 9.53 Å². The zero-order valence-corrected chi connectivity index (χ0v) is 11.4. The number of aromatic nitrogens is 1. The Morgan fingerprint density at radius 2 is 2.21 bits per heavy atom. The van der Waals surface area contributed by atoms with Crippen molar-refractivity contribution in [2.45, 2.75) is 25.7 Å². The van der Waals surface area contributed by atoms with E-state index < -0.39 is 0 Å². The van der Waals surface area contributed by atoms with Gasteiger partial charge in [0.1, 0.15) is 0 Å². The monoisotopic (exact) mass is 263 g/mol. The van der Waals surface area contributed by atoms with Crippen molar-refractivity contribution in [2.24, 2.45) is 0 Å². The minimum absolute atomic E-state index is 0.224. The van der Waals surface area contributed by atoms with Crippen LogP contribution in [0.2, 0.25) is 0 Å². The summed E-state index contributed by atoms with van der Waals surface area (Å²) < 4.78 is 5.20. The van der Waals surface area contributed by atoms with E-state index in [0.29, 0.717) is 24.5 Å². The number of amides is 1. The van der Waals surface area contributed by atoms with Crippen molar-refractivity contribution in [1.82, 2.24) is 9.88 Å². The number of nitrogens with zero attached hydrogens (tertiary/aromatic N) is 2. The highest BCUT2D eigenvalue weighted by molar-refractivity contribution is 5.76. The van der Waals surface area contributed by atoms with Crippen molar-refractivity contribution >= 4 is 11.7 Å². The van der Waals surface area contributed by atoms with Crippen LogP contribution in [0.15, 0.2) is 18.3 Å². The number of pyridine rings is 1.